The first kappa shape index (κ1) is 14.5. The summed E-state index contributed by atoms with van der Waals surface area (Å²) in [6.07, 6.45) is 1.87. The number of ether oxygens (including phenoxy) is 1. The van der Waals surface area contributed by atoms with Crippen LogP contribution in [0.15, 0.2) is 51.7 Å². The molecule has 0 saturated carbocycles. The van der Waals surface area contributed by atoms with Gasteiger partial charge in [-0.05, 0) is 42.3 Å². The third-order valence-electron chi connectivity index (χ3n) is 4.11. The van der Waals surface area contributed by atoms with Crippen LogP contribution in [-0.2, 0) is 19.6 Å². The Kier molecular flexibility index (Phi) is 3.65. The Balaban J connectivity index is 1.64. The minimum absolute atomic E-state index is 0.0385. The number of halogens is 1. The molecule has 0 radical (unpaired) electrons. The molecule has 4 rings (SSSR count). The van der Waals surface area contributed by atoms with Crippen molar-refractivity contribution in [3.63, 3.8) is 0 Å². The fourth-order valence-electron chi connectivity index (χ4n) is 2.90. The van der Waals surface area contributed by atoms with Crippen LogP contribution in [-0.4, -0.2) is 9.55 Å². The Morgan fingerprint density at radius 3 is 2.83 bits per heavy atom. The Labute approximate surface area is 141 Å². The molecular weight excluding hydrogens is 356 g/mol. The lowest BCUT2D eigenvalue weighted by molar-refractivity contribution is 0.306. The molecular formula is C18H15BrN2O2. The van der Waals surface area contributed by atoms with Crippen LogP contribution in [0.4, 0.5) is 0 Å². The summed E-state index contributed by atoms with van der Waals surface area (Å²) in [6.45, 7) is 1.24. The van der Waals surface area contributed by atoms with E-state index in [-0.39, 0.29) is 5.56 Å². The minimum atomic E-state index is 0.0385. The van der Waals surface area contributed by atoms with Crippen molar-refractivity contribution in [2.24, 2.45) is 0 Å². The highest BCUT2D eigenvalue weighted by Crippen LogP contribution is 2.21. The van der Waals surface area contributed by atoms with E-state index in [1.165, 1.54) is 0 Å². The Bertz CT molecular complexity index is 932. The molecule has 0 amide bonds. The summed E-state index contributed by atoms with van der Waals surface area (Å²) in [7, 11) is 0. The average molecular weight is 371 g/mol. The van der Waals surface area contributed by atoms with E-state index in [4.69, 9.17) is 4.74 Å². The molecule has 3 aromatic rings. The van der Waals surface area contributed by atoms with Crippen molar-refractivity contribution >= 4 is 26.8 Å². The third kappa shape index (κ3) is 2.77. The SMILES string of the molecule is O=c1c2cc(OCc3ccc(Br)cc3)ccc2nc2n1CCC2. The van der Waals surface area contributed by atoms with E-state index in [1.54, 1.807) is 10.6 Å². The summed E-state index contributed by atoms with van der Waals surface area (Å²) in [6, 6.07) is 13.5. The van der Waals surface area contributed by atoms with Gasteiger partial charge in [0.15, 0.2) is 0 Å². The van der Waals surface area contributed by atoms with Crippen molar-refractivity contribution in [1.82, 2.24) is 9.55 Å². The first-order chi connectivity index (χ1) is 11.2. The summed E-state index contributed by atoms with van der Waals surface area (Å²) < 4.78 is 8.64. The van der Waals surface area contributed by atoms with E-state index in [1.807, 2.05) is 36.4 Å². The van der Waals surface area contributed by atoms with Gasteiger partial charge < -0.3 is 4.74 Å². The van der Waals surface area contributed by atoms with Gasteiger partial charge in [-0.25, -0.2) is 4.98 Å². The van der Waals surface area contributed by atoms with Gasteiger partial charge in [-0.1, -0.05) is 28.1 Å². The fourth-order valence-corrected chi connectivity index (χ4v) is 3.16. The third-order valence-corrected chi connectivity index (χ3v) is 4.63. The molecule has 1 aromatic heterocycles. The molecule has 0 bridgehead atoms. The van der Waals surface area contributed by atoms with Gasteiger partial charge >= 0.3 is 0 Å². The highest BCUT2D eigenvalue weighted by atomic mass is 79.9. The van der Waals surface area contributed by atoms with E-state index in [2.05, 4.69) is 20.9 Å². The molecule has 0 fully saturated rings. The van der Waals surface area contributed by atoms with Crippen molar-refractivity contribution in [1.29, 1.82) is 0 Å². The predicted molar refractivity (Wildman–Crippen MR) is 92.8 cm³/mol. The number of nitrogens with zero attached hydrogens (tertiary/aromatic N) is 2. The fraction of sp³-hybridized carbons (Fsp3) is 0.222. The lowest BCUT2D eigenvalue weighted by atomic mass is 10.2. The van der Waals surface area contributed by atoms with Crippen LogP contribution >= 0.6 is 15.9 Å². The molecule has 116 valence electrons. The standard InChI is InChI=1S/C18H15BrN2O2/c19-13-5-3-12(4-6-13)11-23-14-7-8-16-15(10-14)18(22)21-9-1-2-17(21)20-16/h3-8,10H,1-2,9,11H2. The van der Waals surface area contributed by atoms with Gasteiger partial charge in [0.05, 0.1) is 10.9 Å². The van der Waals surface area contributed by atoms with Gasteiger partial charge in [0, 0.05) is 17.4 Å². The summed E-state index contributed by atoms with van der Waals surface area (Å²) in [5.74, 6) is 1.59. The van der Waals surface area contributed by atoms with Gasteiger partial charge in [-0.15, -0.1) is 0 Å². The number of hydrogen-bond donors (Lipinski definition) is 0. The second-order valence-electron chi connectivity index (χ2n) is 5.68. The summed E-state index contributed by atoms with van der Waals surface area (Å²) in [5.41, 5.74) is 1.87. The molecule has 2 heterocycles. The molecule has 23 heavy (non-hydrogen) atoms. The zero-order valence-corrected chi connectivity index (χ0v) is 14.0. The van der Waals surface area contributed by atoms with E-state index >= 15 is 0 Å². The summed E-state index contributed by atoms with van der Waals surface area (Å²) in [4.78, 5) is 17.1. The van der Waals surface area contributed by atoms with Gasteiger partial charge in [0.1, 0.15) is 18.2 Å². The van der Waals surface area contributed by atoms with Crippen LogP contribution < -0.4 is 10.3 Å². The molecule has 1 aliphatic heterocycles. The van der Waals surface area contributed by atoms with Gasteiger partial charge in [-0.2, -0.15) is 0 Å². The summed E-state index contributed by atoms with van der Waals surface area (Å²) >= 11 is 3.42. The number of hydrogen-bond acceptors (Lipinski definition) is 3. The predicted octanol–water partition coefficient (Wildman–Crippen LogP) is 3.68. The molecule has 0 N–H and O–H groups in total. The lowest BCUT2D eigenvalue weighted by Gasteiger charge is -2.09. The molecule has 1 aliphatic rings. The first-order valence-electron chi connectivity index (χ1n) is 7.61. The maximum atomic E-state index is 12.5. The average Bonchev–Trinajstić information content (AvgIpc) is 3.03. The normalized spacial score (nSPS) is 13.3. The number of fused-ring (bicyclic) bond motifs is 2. The van der Waals surface area contributed by atoms with Crippen LogP contribution in [0.2, 0.25) is 0 Å². The van der Waals surface area contributed by atoms with E-state index < -0.39 is 0 Å². The number of benzene rings is 2. The number of aryl methyl sites for hydroxylation is 1. The first-order valence-corrected chi connectivity index (χ1v) is 8.41. The topological polar surface area (TPSA) is 44.1 Å². The highest BCUT2D eigenvalue weighted by molar-refractivity contribution is 9.10. The number of aromatic nitrogens is 2. The quantitative estimate of drug-likeness (QED) is 0.706. The van der Waals surface area contributed by atoms with Crippen LogP contribution in [0.3, 0.4) is 0 Å². The molecule has 0 aliphatic carbocycles. The molecule has 0 spiro atoms. The van der Waals surface area contributed by atoms with Crippen molar-refractivity contribution in [2.75, 3.05) is 0 Å². The van der Waals surface area contributed by atoms with Crippen molar-refractivity contribution < 1.29 is 4.74 Å². The van der Waals surface area contributed by atoms with Crippen molar-refractivity contribution in [3.8, 4) is 5.75 Å². The van der Waals surface area contributed by atoms with Crippen molar-refractivity contribution in [3.05, 3.63) is 68.7 Å². The minimum Gasteiger partial charge on any atom is -0.489 e. The second-order valence-corrected chi connectivity index (χ2v) is 6.60. The maximum absolute atomic E-state index is 12.5. The van der Waals surface area contributed by atoms with E-state index in [9.17, 15) is 4.79 Å². The molecule has 0 unspecified atom stereocenters. The molecule has 2 aromatic carbocycles. The Morgan fingerprint density at radius 2 is 2.00 bits per heavy atom. The zero-order chi connectivity index (χ0) is 15.8. The van der Waals surface area contributed by atoms with E-state index in [0.29, 0.717) is 17.7 Å². The highest BCUT2D eigenvalue weighted by Gasteiger charge is 2.16. The monoisotopic (exact) mass is 370 g/mol. The molecule has 0 saturated heterocycles. The number of rotatable bonds is 3. The maximum Gasteiger partial charge on any atom is 0.261 e. The molecule has 4 nitrogen and oxygen atoms in total. The lowest BCUT2D eigenvalue weighted by Crippen LogP contribution is -2.20. The second kappa shape index (κ2) is 5.81. The van der Waals surface area contributed by atoms with Crippen molar-refractivity contribution in [2.45, 2.75) is 26.0 Å². The van der Waals surface area contributed by atoms with Crippen LogP contribution in [0, 0.1) is 0 Å². The van der Waals surface area contributed by atoms with Crippen LogP contribution in [0.1, 0.15) is 17.8 Å². The van der Waals surface area contributed by atoms with Gasteiger partial charge in [0.2, 0.25) is 0 Å². The van der Waals surface area contributed by atoms with Gasteiger partial charge in [0.25, 0.3) is 5.56 Å². The van der Waals surface area contributed by atoms with Crippen LogP contribution in [0.25, 0.3) is 10.9 Å². The van der Waals surface area contributed by atoms with Gasteiger partial charge in [-0.3, -0.25) is 9.36 Å². The van der Waals surface area contributed by atoms with E-state index in [0.717, 1.165) is 40.8 Å². The molecule has 0 atom stereocenters. The smallest absolute Gasteiger partial charge is 0.261 e. The zero-order valence-electron chi connectivity index (χ0n) is 12.5. The Morgan fingerprint density at radius 1 is 1.17 bits per heavy atom. The largest absolute Gasteiger partial charge is 0.489 e. The van der Waals surface area contributed by atoms with Crippen LogP contribution in [0.5, 0.6) is 5.75 Å². The Hall–Kier alpha value is -2.14. The molecule has 5 heteroatoms. The summed E-state index contributed by atoms with van der Waals surface area (Å²) in [5, 5.41) is 0.629.